The molecule has 6 nitrogen and oxygen atoms in total. The van der Waals surface area contributed by atoms with Gasteiger partial charge in [-0.2, -0.15) is 10.1 Å². The third-order valence-electron chi connectivity index (χ3n) is 4.49. The van der Waals surface area contributed by atoms with Gasteiger partial charge in [-0.05, 0) is 11.1 Å². The quantitative estimate of drug-likeness (QED) is 0.773. The van der Waals surface area contributed by atoms with Crippen molar-refractivity contribution in [2.24, 2.45) is 0 Å². The minimum atomic E-state index is -0.198. The SMILES string of the molecule is CC(=O)N[C@@H]1[C@@H](c2ccccc2)Nc2ncnn2[C@H]1c1ccccc1. The minimum Gasteiger partial charge on any atom is -0.349 e. The van der Waals surface area contributed by atoms with E-state index < -0.39 is 0 Å². The lowest BCUT2D eigenvalue weighted by molar-refractivity contribution is -0.120. The third-order valence-corrected chi connectivity index (χ3v) is 4.49. The van der Waals surface area contributed by atoms with Crippen LogP contribution in [0.1, 0.15) is 30.1 Å². The summed E-state index contributed by atoms with van der Waals surface area (Å²) < 4.78 is 1.84. The Labute approximate surface area is 145 Å². The molecule has 1 aliphatic heterocycles. The second kappa shape index (κ2) is 6.39. The molecule has 3 aromatic rings. The van der Waals surface area contributed by atoms with E-state index in [9.17, 15) is 4.79 Å². The first-order valence-electron chi connectivity index (χ1n) is 8.27. The zero-order valence-corrected chi connectivity index (χ0v) is 13.8. The Balaban J connectivity index is 1.85. The molecule has 0 unspecified atom stereocenters. The molecule has 126 valence electrons. The van der Waals surface area contributed by atoms with E-state index in [1.165, 1.54) is 6.33 Å². The van der Waals surface area contributed by atoms with Gasteiger partial charge in [0.05, 0.1) is 12.1 Å². The van der Waals surface area contributed by atoms with E-state index in [0.717, 1.165) is 11.1 Å². The number of amides is 1. The predicted octanol–water partition coefficient (Wildman–Crippen LogP) is 2.54. The van der Waals surface area contributed by atoms with Crippen LogP contribution in [0.15, 0.2) is 67.0 Å². The van der Waals surface area contributed by atoms with E-state index in [4.69, 9.17) is 0 Å². The molecule has 0 fully saturated rings. The van der Waals surface area contributed by atoms with Crippen LogP contribution in [-0.4, -0.2) is 26.7 Å². The van der Waals surface area contributed by atoms with Crippen molar-refractivity contribution in [2.45, 2.75) is 25.0 Å². The van der Waals surface area contributed by atoms with Gasteiger partial charge in [-0.25, -0.2) is 4.68 Å². The van der Waals surface area contributed by atoms with Gasteiger partial charge in [-0.3, -0.25) is 4.79 Å². The summed E-state index contributed by atoms with van der Waals surface area (Å²) in [6.45, 7) is 1.54. The Morgan fingerprint density at radius 3 is 2.32 bits per heavy atom. The van der Waals surface area contributed by atoms with Gasteiger partial charge in [-0.1, -0.05) is 60.7 Å². The highest BCUT2D eigenvalue weighted by molar-refractivity contribution is 5.73. The highest BCUT2D eigenvalue weighted by atomic mass is 16.1. The topological polar surface area (TPSA) is 71.8 Å². The fourth-order valence-electron chi connectivity index (χ4n) is 3.47. The number of nitrogens with one attached hydrogen (secondary N) is 2. The van der Waals surface area contributed by atoms with E-state index in [1.807, 2.05) is 41.1 Å². The fourth-order valence-corrected chi connectivity index (χ4v) is 3.47. The normalized spacial score (nSPS) is 21.9. The molecule has 0 saturated heterocycles. The maximum Gasteiger partial charge on any atom is 0.222 e. The highest BCUT2D eigenvalue weighted by Crippen LogP contribution is 2.37. The summed E-state index contributed by atoms with van der Waals surface area (Å²) in [5.41, 5.74) is 2.17. The van der Waals surface area contributed by atoms with Gasteiger partial charge in [0.25, 0.3) is 0 Å². The van der Waals surface area contributed by atoms with Crippen molar-refractivity contribution in [2.75, 3.05) is 5.32 Å². The molecule has 0 spiro atoms. The molecule has 6 heteroatoms. The number of nitrogens with zero attached hydrogens (tertiary/aromatic N) is 3. The van der Waals surface area contributed by atoms with Crippen LogP contribution in [0.3, 0.4) is 0 Å². The number of carbonyl (C=O) groups excluding carboxylic acids is 1. The van der Waals surface area contributed by atoms with E-state index in [2.05, 4.69) is 45.0 Å². The van der Waals surface area contributed by atoms with Crippen LogP contribution < -0.4 is 10.6 Å². The zero-order valence-electron chi connectivity index (χ0n) is 13.8. The van der Waals surface area contributed by atoms with Crippen LogP contribution >= 0.6 is 0 Å². The molecule has 1 aromatic heterocycles. The molecule has 0 saturated carbocycles. The number of hydrogen-bond donors (Lipinski definition) is 2. The van der Waals surface area contributed by atoms with Crippen LogP contribution in [0.5, 0.6) is 0 Å². The first-order chi connectivity index (χ1) is 12.2. The molecular formula is C19H19N5O. The van der Waals surface area contributed by atoms with Crippen molar-refractivity contribution in [3.8, 4) is 0 Å². The van der Waals surface area contributed by atoms with Gasteiger partial charge in [0, 0.05) is 6.92 Å². The maximum absolute atomic E-state index is 11.9. The van der Waals surface area contributed by atoms with Gasteiger partial charge in [0.1, 0.15) is 12.4 Å². The Hall–Kier alpha value is -3.15. The van der Waals surface area contributed by atoms with Crippen LogP contribution in [0.25, 0.3) is 0 Å². The molecule has 0 radical (unpaired) electrons. The Morgan fingerprint density at radius 1 is 1.04 bits per heavy atom. The number of anilines is 1. The van der Waals surface area contributed by atoms with E-state index >= 15 is 0 Å². The highest BCUT2D eigenvalue weighted by Gasteiger charge is 2.40. The van der Waals surface area contributed by atoms with Crippen LogP contribution in [0.4, 0.5) is 5.95 Å². The smallest absolute Gasteiger partial charge is 0.222 e. The lowest BCUT2D eigenvalue weighted by Crippen LogP contribution is -2.50. The first kappa shape index (κ1) is 15.4. The largest absolute Gasteiger partial charge is 0.349 e. The maximum atomic E-state index is 11.9. The molecule has 3 atom stereocenters. The molecule has 2 N–H and O–H groups in total. The van der Waals surface area contributed by atoms with E-state index in [0.29, 0.717) is 5.95 Å². The molecule has 0 bridgehead atoms. The van der Waals surface area contributed by atoms with Crippen molar-refractivity contribution in [3.63, 3.8) is 0 Å². The second-order valence-corrected chi connectivity index (χ2v) is 6.14. The first-order valence-corrected chi connectivity index (χ1v) is 8.27. The molecule has 1 aliphatic rings. The number of aromatic nitrogens is 3. The van der Waals surface area contributed by atoms with E-state index in [1.54, 1.807) is 6.92 Å². The summed E-state index contributed by atoms with van der Waals surface area (Å²) in [6.07, 6.45) is 1.54. The Bertz CT molecular complexity index is 862. The van der Waals surface area contributed by atoms with Crippen LogP contribution in [-0.2, 0) is 4.79 Å². The molecule has 0 aliphatic carbocycles. The summed E-state index contributed by atoms with van der Waals surface area (Å²) >= 11 is 0. The summed E-state index contributed by atoms with van der Waals surface area (Å²) in [4.78, 5) is 16.3. The standard InChI is InChI=1S/C19H19N5O/c1-13(25)22-17-16(14-8-4-2-5-9-14)23-19-20-12-21-24(19)18(17)15-10-6-3-7-11-15/h2-12,16-18H,1H3,(H,22,25)(H,20,21,23)/t16-,17-,18+/m1/s1. The second-order valence-electron chi connectivity index (χ2n) is 6.14. The van der Waals surface area contributed by atoms with Crippen molar-refractivity contribution < 1.29 is 4.79 Å². The van der Waals surface area contributed by atoms with Gasteiger partial charge in [0.15, 0.2) is 0 Å². The molecule has 4 rings (SSSR count). The van der Waals surface area contributed by atoms with Crippen LogP contribution in [0, 0.1) is 0 Å². The monoisotopic (exact) mass is 333 g/mol. The summed E-state index contributed by atoms with van der Waals surface area (Å²) in [6, 6.07) is 19.7. The molecule has 2 aromatic carbocycles. The Morgan fingerprint density at radius 2 is 1.68 bits per heavy atom. The predicted molar refractivity (Wildman–Crippen MR) is 95.0 cm³/mol. The summed E-state index contributed by atoms with van der Waals surface area (Å²) in [7, 11) is 0. The zero-order chi connectivity index (χ0) is 17.2. The van der Waals surface area contributed by atoms with Gasteiger partial charge in [-0.15, -0.1) is 0 Å². The minimum absolute atomic E-state index is 0.0720. The molecule has 25 heavy (non-hydrogen) atoms. The lowest BCUT2D eigenvalue weighted by Gasteiger charge is -2.39. The third kappa shape index (κ3) is 2.87. The van der Waals surface area contributed by atoms with Crippen molar-refractivity contribution >= 4 is 11.9 Å². The number of carbonyl (C=O) groups is 1. The molecule has 2 heterocycles. The number of fused-ring (bicyclic) bond motifs is 1. The number of benzene rings is 2. The van der Waals surface area contributed by atoms with Gasteiger partial charge < -0.3 is 10.6 Å². The van der Waals surface area contributed by atoms with Crippen molar-refractivity contribution in [1.29, 1.82) is 0 Å². The van der Waals surface area contributed by atoms with Crippen molar-refractivity contribution in [3.05, 3.63) is 78.1 Å². The average molecular weight is 333 g/mol. The van der Waals surface area contributed by atoms with Crippen LogP contribution in [0.2, 0.25) is 0 Å². The lowest BCUT2D eigenvalue weighted by atomic mass is 9.88. The fraction of sp³-hybridized carbons (Fsp3) is 0.211. The van der Waals surface area contributed by atoms with Gasteiger partial charge in [0.2, 0.25) is 11.9 Å². The average Bonchev–Trinajstić information content (AvgIpc) is 3.10. The number of hydrogen-bond acceptors (Lipinski definition) is 4. The Kier molecular flexibility index (Phi) is 3.93. The van der Waals surface area contributed by atoms with Gasteiger partial charge >= 0.3 is 0 Å². The molecular weight excluding hydrogens is 314 g/mol. The summed E-state index contributed by atoms with van der Waals surface area (Å²) in [5, 5.41) is 10.9. The summed E-state index contributed by atoms with van der Waals surface area (Å²) in [5.74, 6) is 0.626. The van der Waals surface area contributed by atoms with Crippen molar-refractivity contribution in [1.82, 2.24) is 20.1 Å². The number of rotatable bonds is 3. The molecule has 1 amide bonds. The van der Waals surface area contributed by atoms with E-state index in [-0.39, 0.29) is 24.0 Å².